The van der Waals surface area contributed by atoms with E-state index in [0.29, 0.717) is 13.2 Å². The van der Waals surface area contributed by atoms with E-state index < -0.39 is 0 Å². The van der Waals surface area contributed by atoms with E-state index in [4.69, 9.17) is 10.5 Å². The van der Waals surface area contributed by atoms with Gasteiger partial charge in [-0.3, -0.25) is 0 Å². The maximum Gasteiger partial charge on any atom is 0.147 e. The van der Waals surface area contributed by atoms with E-state index in [-0.39, 0.29) is 0 Å². The van der Waals surface area contributed by atoms with Crippen LogP contribution in [0.4, 0.5) is 0 Å². The van der Waals surface area contributed by atoms with Crippen molar-refractivity contribution in [3.63, 3.8) is 0 Å². The molecule has 0 saturated carbocycles. The van der Waals surface area contributed by atoms with Crippen LogP contribution < -0.4 is 10.5 Å². The Morgan fingerprint density at radius 3 is 2.21 bits per heavy atom. The van der Waals surface area contributed by atoms with E-state index in [1.807, 2.05) is 12.1 Å². The van der Waals surface area contributed by atoms with Crippen molar-refractivity contribution in [1.29, 1.82) is 0 Å². The molecule has 1 aromatic carbocycles. The van der Waals surface area contributed by atoms with Crippen molar-refractivity contribution in [1.82, 2.24) is 0 Å². The molecule has 0 unspecified atom stereocenters. The van der Waals surface area contributed by atoms with Gasteiger partial charge in [0, 0.05) is 4.47 Å². The van der Waals surface area contributed by atoms with Gasteiger partial charge >= 0.3 is 0 Å². The maximum absolute atomic E-state index is 5.57. The Balaban J connectivity index is 2.75. The van der Waals surface area contributed by atoms with E-state index >= 15 is 0 Å². The molecule has 0 aliphatic heterocycles. The predicted molar refractivity (Wildman–Crippen MR) is 68.7 cm³/mol. The first-order chi connectivity index (χ1) is 6.65. The van der Waals surface area contributed by atoms with E-state index in [2.05, 4.69) is 47.8 Å². The minimum atomic E-state index is 0.634. The third kappa shape index (κ3) is 3.53. The maximum atomic E-state index is 5.57. The molecule has 78 valence electrons. The second-order valence-electron chi connectivity index (χ2n) is 2.69. The summed E-state index contributed by atoms with van der Waals surface area (Å²) in [5.74, 6) is 0.821. The number of hydrogen-bond donors (Lipinski definition) is 1. The summed E-state index contributed by atoms with van der Waals surface area (Å²) in [6, 6.07) is 3.89. The molecule has 0 saturated heterocycles. The second-order valence-corrected chi connectivity index (χ2v) is 5.31. The fourth-order valence-electron chi connectivity index (χ4n) is 0.924. The molecule has 2 N–H and O–H groups in total. The molecule has 1 rings (SSSR count). The van der Waals surface area contributed by atoms with Gasteiger partial charge in [-0.05, 0) is 57.0 Å². The van der Waals surface area contributed by atoms with E-state index in [9.17, 15) is 0 Å². The number of halogens is 3. The lowest BCUT2D eigenvalue weighted by Gasteiger charge is -2.10. The molecule has 0 bridgehead atoms. The van der Waals surface area contributed by atoms with Crippen molar-refractivity contribution in [3.05, 3.63) is 25.6 Å². The van der Waals surface area contributed by atoms with Crippen LogP contribution in [0.5, 0.6) is 5.75 Å². The largest absolute Gasteiger partial charge is 0.491 e. The highest BCUT2D eigenvalue weighted by Crippen LogP contribution is 2.36. The zero-order valence-corrected chi connectivity index (χ0v) is 12.2. The van der Waals surface area contributed by atoms with Crippen molar-refractivity contribution in [2.75, 3.05) is 13.2 Å². The predicted octanol–water partition coefficient (Wildman–Crippen LogP) is 3.70. The minimum absolute atomic E-state index is 0.634. The van der Waals surface area contributed by atoms with Gasteiger partial charge in [0.2, 0.25) is 0 Å². The third-order valence-corrected chi connectivity index (χ3v) is 3.19. The Morgan fingerprint density at radius 2 is 1.71 bits per heavy atom. The average Bonchev–Trinajstić information content (AvgIpc) is 2.09. The van der Waals surface area contributed by atoms with Crippen molar-refractivity contribution < 1.29 is 4.74 Å². The van der Waals surface area contributed by atoms with Crippen LogP contribution in [0.25, 0.3) is 0 Å². The molecule has 0 fully saturated rings. The SMILES string of the molecule is NCCCOc1c(Br)cc(Br)cc1Br. The lowest BCUT2D eigenvalue weighted by atomic mass is 10.3. The molecule has 0 aliphatic rings. The van der Waals surface area contributed by atoms with Crippen LogP contribution in [0.2, 0.25) is 0 Å². The van der Waals surface area contributed by atoms with Gasteiger partial charge in [-0.2, -0.15) is 0 Å². The molecule has 1 aromatic rings. The average molecular weight is 388 g/mol. The van der Waals surface area contributed by atoms with Crippen molar-refractivity contribution in [2.45, 2.75) is 6.42 Å². The van der Waals surface area contributed by atoms with Crippen molar-refractivity contribution in [3.8, 4) is 5.75 Å². The van der Waals surface area contributed by atoms with Crippen molar-refractivity contribution in [2.24, 2.45) is 5.73 Å². The number of rotatable bonds is 4. The molecule has 2 nitrogen and oxygen atoms in total. The third-order valence-electron chi connectivity index (χ3n) is 1.56. The summed E-state index contributed by atoms with van der Waals surface area (Å²) >= 11 is 10.3. The molecule has 0 amide bonds. The minimum Gasteiger partial charge on any atom is -0.491 e. The van der Waals surface area contributed by atoms with Crippen LogP contribution in [0, 0.1) is 0 Å². The molecule has 0 heterocycles. The van der Waals surface area contributed by atoms with Crippen LogP contribution in [-0.4, -0.2) is 13.2 Å². The molecule has 0 spiro atoms. The fraction of sp³-hybridized carbons (Fsp3) is 0.333. The van der Waals surface area contributed by atoms with Gasteiger partial charge in [0.05, 0.1) is 15.6 Å². The van der Waals surface area contributed by atoms with E-state index in [1.165, 1.54) is 0 Å². The zero-order valence-electron chi connectivity index (χ0n) is 7.40. The summed E-state index contributed by atoms with van der Waals surface area (Å²) in [4.78, 5) is 0. The lowest BCUT2D eigenvalue weighted by Crippen LogP contribution is -2.06. The lowest BCUT2D eigenvalue weighted by molar-refractivity contribution is 0.309. The van der Waals surface area contributed by atoms with E-state index in [1.54, 1.807) is 0 Å². The molecule has 5 heteroatoms. The Bertz CT molecular complexity index is 294. The molecular formula is C9H10Br3NO. The number of ether oxygens (including phenoxy) is 1. The molecule has 0 aliphatic carbocycles. The Hall–Kier alpha value is 0.420. The summed E-state index contributed by atoms with van der Waals surface area (Å²) in [6.45, 7) is 1.28. The summed E-state index contributed by atoms with van der Waals surface area (Å²) in [7, 11) is 0. The smallest absolute Gasteiger partial charge is 0.147 e. The van der Waals surface area contributed by atoms with Crippen LogP contribution >= 0.6 is 47.8 Å². The number of hydrogen-bond acceptors (Lipinski definition) is 2. The second kappa shape index (κ2) is 6.10. The monoisotopic (exact) mass is 385 g/mol. The Morgan fingerprint density at radius 1 is 1.14 bits per heavy atom. The van der Waals surface area contributed by atoms with Gasteiger partial charge < -0.3 is 10.5 Å². The standard InChI is InChI=1S/C9H10Br3NO/c10-6-4-7(11)9(8(12)5-6)14-3-1-2-13/h4-5H,1-3,13H2. The highest BCUT2D eigenvalue weighted by atomic mass is 79.9. The first-order valence-electron chi connectivity index (χ1n) is 4.12. The molecule has 0 atom stereocenters. The number of benzene rings is 1. The van der Waals surface area contributed by atoms with E-state index in [0.717, 1.165) is 25.6 Å². The summed E-state index contributed by atoms with van der Waals surface area (Å²) in [6.07, 6.45) is 0.856. The first kappa shape index (κ1) is 12.5. The summed E-state index contributed by atoms with van der Waals surface area (Å²) in [5.41, 5.74) is 5.38. The van der Waals surface area contributed by atoms with Gasteiger partial charge in [0.15, 0.2) is 0 Å². The van der Waals surface area contributed by atoms with Crippen LogP contribution in [0.1, 0.15) is 6.42 Å². The van der Waals surface area contributed by atoms with Crippen LogP contribution in [0.15, 0.2) is 25.6 Å². The summed E-state index contributed by atoms with van der Waals surface area (Å²) in [5, 5.41) is 0. The summed E-state index contributed by atoms with van der Waals surface area (Å²) < 4.78 is 8.42. The highest BCUT2D eigenvalue weighted by Gasteiger charge is 2.07. The molecular weight excluding hydrogens is 378 g/mol. The Labute approximate surface area is 109 Å². The number of nitrogens with two attached hydrogens (primary N) is 1. The van der Waals surface area contributed by atoms with Gasteiger partial charge in [-0.15, -0.1) is 0 Å². The van der Waals surface area contributed by atoms with Gasteiger partial charge in [0.25, 0.3) is 0 Å². The highest BCUT2D eigenvalue weighted by molar-refractivity contribution is 9.11. The Kier molecular flexibility index (Phi) is 5.44. The van der Waals surface area contributed by atoms with Gasteiger partial charge in [-0.25, -0.2) is 0 Å². The first-order valence-corrected chi connectivity index (χ1v) is 6.50. The fourth-order valence-corrected chi connectivity index (χ4v) is 3.41. The molecule has 0 radical (unpaired) electrons. The topological polar surface area (TPSA) is 35.2 Å². The molecule has 0 aromatic heterocycles. The van der Waals surface area contributed by atoms with Crippen LogP contribution in [-0.2, 0) is 0 Å². The molecule has 14 heavy (non-hydrogen) atoms. The van der Waals surface area contributed by atoms with Crippen LogP contribution in [0.3, 0.4) is 0 Å². The van der Waals surface area contributed by atoms with Gasteiger partial charge in [-0.1, -0.05) is 15.9 Å². The van der Waals surface area contributed by atoms with Crippen molar-refractivity contribution >= 4 is 47.8 Å². The zero-order chi connectivity index (χ0) is 10.6. The quantitative estimate of drug-likeness (QED) is 0.799. The normalized spacial score (nSPS) is 10.3. The van der Waals surface area contributed by atoms with Gasteiger partial charge in [0.1, 0.15) is 5.75 Å².